The molecule has 1 atom stereocenters. The summed E-state index contributed by atoms with van der Waals surface area (Å²) in [6.45, 7) is 6.96. The van der Waals surface area contributed by atoms with Crippen molar-refractivity contribution in [3.63, 3.8) is 0 Å². The number of hydrogen-bond donors (Lipinski definition) is 1. The molecule has 1 aliphatic rings. The fraction of sp³-hybridized carbons (Fsp3) is 0.600. The van der Waals surface area contributed by atoms with Crippen LogP contribution in [0.1, 0.15) is 31.7 Å². The first-order valence-electron chi connectivity index (χ1n) is 6.89. The summed E-state index contributed by atoms with van der Waals surface area (Å²) in [5.74, 6) is 0. The molecule has 0 aliphatic carbocycles. The third kappa shape index (κ3) is 3.83. The third-order valence-corrected chi connectivity index (χ3v) is 3.58. The summed E-state index contributed by atoms with van der Waals surface area (Å²) in [5.41, 5.74) is 1.44. The lowest BCUT2D eigenvalue weighted by atomic mass is 10.1. The Balaban J connectivity index is 1.94. The SMILES string of the molecule is CCCCN(Cc1ccccc1)[C@H]1CCNC1. The largest absolute Gasteiger partial charge is 0.315 e. The second kappa shape index (κ2) is 6.77. The summed E-state index contributed by atoms with van der Waals surface area (Å²) in [6.07, 6.45) is 3.89. The van der Waals surface area contributed by atoms with Gasteiger partial charge in [-0.1, -0.05) is 43.7 Å². The van der Waals surface area contributed by atoms with Crippen LogP contribution in [0.15, 0.2) is 30.3 Å². The van der Waals surface area contributed by atoms with E-state index >= 15 is 0 Å². The van der Waals surface area contributed by atoms with Gasteiger partial charge < -0.3 is 5.32 Å². The van der Waals surface area contributed by atoms with E-state index in [0.29, 0.717) is 0 Å². The highest BCUT2D eigenvalue weighted by Gasteiger charge is 2.21. The molecule has 94 valence electrons. The van der Waals surface area contributed by atoms with Gasteiger partial charge in [0, 0.05) is 19.1 Å². The first-order valence-corrected chi connectivity index (χ1v) is 6.89. The Morgan fingerprint density at radius 3 is 2.76 bits per heavy atom. The molecule has 17 heavy (non-hydrogen) atoms. The lowest BCUT2D eigenvalue weighted by molar-refractivity contribution is 0.196. The average molecular weight is 232 g/mol. The Morgan fingerprint density at radius 2 is 2.12 bits per heavy atom. The minimum Gasteiger partial charge on any atom is -0.315 e. The van der Waals surface area contributed by atoms with Gasteiger partial charge in [0.25, 0.3) is 0 Å². The zero-order valence-corrected chi connectivity index (χ0v) is 10.9. The molecule has 1 aliphatic heterocycles. The molecule has 1 heterocycles. The minimum absolute atomic E-state index is 0.738. The van der Waals surface area contributed by atoms with E-state index in [1.54, 1.807) is 0 Å². The Hall–Kier alpha value is -0.860. The van der Waals surface area contributed by atoms with Crippen LogP contribution >= 0.6 is 0 Å². The Bertz CT molecular complexity index is 304. The summed E-state index contributed by atoms with van der Waals surface area (Å²) in [5, 5.41) is 3.47. The number of nitrogens with one attached hydrogen (secondary N) is 1. The van der Waals surface area contributed by atoms with Crippen LogP contribution in [0, 0.1) is 0 Å². The van der Waals surface area contributed by atoms with Crippen molar-refractivity contribution in [1.29, 1.82) is 0 Å². The predicted octanol–water partition coefficient (Wildman–Crippen LogP) is 2.65. The quantitative estimate of drug-likeness (QED) is 0.811. The molecular formula is C15H24N2. The van der Waals surface area contributed by atoms with Crippen molar-refractivity contribution in [2.75, 3.05) is 19.6 Å². The molecule has 0 amide bonds. The number of unbranched alkanes of at least 4 members (excludes halogenated alkanes) is 1. The van der Waals surface area contributed by atoms with Gasteiger partial charge >= 0.3 is 0 Å². The van der Waals surface area contributed by atoms with Crippen LogP contribution in [0.3, 0.4) is 0 Å². The molecule has 0 radical (unpaired) electrons. The van der Waals surface area contributed by atoms with E-state index in [-0.39, 0.29) is 0 Å². The van der Waals surface area contributed by atoms with Crippen molar-refractivity contribution in [3.8, 4) is 0 Å². The van der Waals surface area contributed by atoms with Gasteiger partial charge in [-0.2, -0.15) is 0 Å². The molecule has 0 unspecified atom stereocenters. The molecule has 1 N–H and O–H groups in total. The Labute approximate surface area is 105 Å². The van der Waals surface area contributed by atoms with Crippen molar-refractivity contribution in [2.24, 2.45) is 0 Å². The van der Waals surface area contributed by atoms with Crippen LogP contribution in [0.4, 0.5) is 0 Å². The maximum absolute atomic E-state index is 3.47. The van der Waals surface area contributed by atoms with Crippen LogP contribution in [0.2, 0.25) is 0 Å². The van der Waals surface area contributed by atoms with Gasteiger partial charge in [0.15, 0.2) is 0 Å². The third-order valence-electron chi connectivity index (χ3n) is 3.58. The van der Waals surface area contributed by atoms with Crippen molar-refractivity contribution in [3.05, 3.63) is 35.9 Å². The van der Waals surface area contributed by atoms with Gasteiger partial charge in [-0.25, -0.2) is 0 Å². The maximum Gasteiger partial charge on any atom is 0.0237 e. The van der Waals surface area contributed by atoms with E-state index in [4.69, 9.17) is 0 Å². The van der Waals surface area contributed by atoms with Crippen molar-refractivity contribution in [1.82, 2.24) is 10.2 Å². The molecule has 0 spiro atoms. The average Bonchev–Trinajstić information content (AvgIpc) is 2.89. The lowest BCUT2D eigenvalue weighted by Crippen LogP contribution is -2.37. The zero-order valence-electron chi connectivity index (χ0n) is 10.9. The lowest BCUT2D eigenvalue weighted by Gasteiger charge is -2.28. The molecule has 1 fully saturated rings. The summed E-state index contributed by atoms with van der Waals surface area (Å²) >= 11 is 0. The van der Waals surface area contributed by atoms with Crippen molar-refractivity contribution >= 4 is 0 Å². The normalized spacial score (nSPS) is 20.0. The molecular weight excluding hydrogens is 208 g/mol. The molecule has 2 heteroatoms. The fourth-order valence-electron chi connectivity index (χ4n) is 2.52. The van der Waals surface area contributed by atoms with E-state index in [1.165, 1.54) is 37.9 Å². The summed E-state index contributed by atoms with van der Waals surface area (Å²) in [4.78, 5) is 2.65. The summed E-state index contributed by atoms with van der Waals surface area (Å²) in [6, 6.07) is 11.6. The smallest absolute Gasteiger partial charge is 0.0237 e. The van der Waals surface area contributed by atoms with Gasteiger partial charge in [-0.05, 0) is 31.5 Å². The monoisotopic (exact) mass is 232 g/mol. The minimum atomic E-state index is 0.738. The summed E-state index contributed by atoms with van der Waals surface area (Å²) < 4.78 is 0. The van der Waals surface area contributed by atoms with Gasteiger partial charge in [0.1, 0.15) is 0 Å². The molecule has 1 saturated heterocycles. The molecule has 0 aromatic heterocycles. The second-order valence-corrected chi connectivity index (χ2v) is 4.96. The van der Waals surface area contributed by atoms with Gasteiger partial charge in [-0.15, -0.1) is 0 Å². The first kappa shape index (κ1) is 12.6. The first-order chi connectivity index (χ1) is 8.40. The Morgan fingerprint density at radius 1 is 1.29 bits per heavy atom. The highest BCUT2D eigenvalue weighted by atomic mass is 15.2. The number of nitrogens with zero attached hydrogens (tertiary/aromatic N) is 1. The van der Waals surface area contributed by atoms with Crippen molar-refractivity contribution < 1.29 is 0 Å². The van der Waals surface area contributed by atoms with Crippen LogP contribution in [-0.4, -0.2) is 30.6 Å². The second-order valence-electron chi connectivity index (χ2n) is 4.96. The fourth-order valence-corrected chi connectivity index (χ4v) is 2.52. The van der Waals surface area contributed by atoms with Gasteiger partial charge in [-0.3, -0.25) is 4.90 Å². The van der Waals surface area contributed by atoms with Crippen LogP contribution < -0.4 is 5.32 Å². The van der Waals surface area contributed by atoms with Gasteiger partial charge in [0.05, 0.1) is 0 Å². The molecule has 1 aromatic carbocycles. The summed E-state index contributed by atoms with van der Waals surface area (Å²) in [7, 11) is 0. The number of hydrogen-bond acceptors (Lipinski definition) is 2. The van der Waals surface area contributed by atoms with Gasteiger partial charge in [0.2, 0.25) is 0 Å². The topological polar surface area (TPSA) is 15.3 Å². The zero-order chi connectivity index (χ0) is 11.9. The van der Waals surface area contributed by atoms with E-state index in [1.807, 2.05) is 0 Å². The Kier molecular flexibility index (Phi) is 5.02. The standard InChI is InChI=1S/C15H24N2/c1-2-3-11-17(15-9-10-16-12-15)13-14-7-5-4-6-8-14/h4-8,15-16H,2-3,9-13H2,1H3/t15-/m0/s1. The molecule has 1 aromatic rings. The van der Waals surface area contributed by atoms with Crippen molar-refractivity contribution in [2.45, 2.75) is 38.8 Å². The van der Waals surface area contributed by atoms with Crippen LogP contribution in [-0.2, 0) is 6.54 Å². The number of rotatable bonds is 6. The van der Waals surface area contributed by atoms with Crippen LogP contribution in [0.25, 0.3) is 0 Å². The maximum atomic E-state index is 3.47. The highest BCUT2D eigenvalue weighted by Crippen LogP contribution is 2.14. The molecule has 2 rings (SSSR count). The highest BCUT2D eigenvalue weighted by molar-refractivity contribution is 5.14. The van der Waals surface area contributed by atoms with E-state index in [2.05, 4.69) is 47.5 Å². The molecule has 2 nitrogen and oxygen atoms in total. The number of benzene rings is 1. The van der Waals surface area contributed by atoms with E-state index < -0.39 is 0 Å². The van der Waals surface area contributed by atoms with Crippen LogP contribution in [0.5, 0.6) is 0 Å². The van der Waals surface area contributed by atoms with E-state index in [9.17, 15) is 0 Å². The molecule has 0 bridgehead atoms. The van der Waals surface area contributed by atoms with E-state index in [0.717, 1.165) is 19.1 Å². The molecule has 0 saturated carbocycles. The predicted molar refractivity (Wildman–Crippen MR) is 73.0 cm³/mol.